The molecule has 0 aliphatic rings. The number of aromatic amines is 1. The summed E-state index contributed by atoms with van der Waals surface area (Å²) in [5, 5.41) is 0. The van der Waals surface area contributed by atoms with Crippen LogP contribution in [0.2, 0.25) is 0 Å². The number of H-pyrrole nitrogens is 1. The Morgan fingerprint density at radius 3 is 2.33 bits per heavy atom. The molecular formula is C16H22N2. The van der Waals surface area contributed by atoms with Crippen LogP contribution in [0.3, 0.4) is 0 Å². The Bertz CT molecular complexity index is 453. The minimum absolute atomic E-state index is 0.581. The summed E-state index contributed by atoms with van der Waals surface area (Å²) in [6.07, 6.45) is 6.90. The maximum absolute atomic E-state index is 4.76. The highest BCUT2D eigenvalue weighted by molar-refractivity contribution is 5.58. The van der Waals surface area contributed by atoms with E-state index in [0.717, 1.165) is 11.5 Å². The maximum Gasteiger partial charge on any atom is 0.109 e. The van der Waals surface area contributed by atoms with Crippen LogP contribution < -0.4 is 0 Å². The molecular weight excluding hydrogens is 220 g/mol. The standard InChI is InChI=1S/C16H22N2/c1-3-8-14(9-4-2)16-17-12-15(18-16)13-10-6-5-7-11-13/h5-7,10-12,14H,3-4,8-9H2,1-2H3,(H,17,18). The quantitative estimate of drug-likeness (QED) is 0.777. The average molecular weight is 242 g/mol. The molecule has 0 aliphatic carbocycles. The average Bonchev–Trinajstić information content (AvgIpc) is 2.89. The summed E-state index contributed by atoms with van der Waals surface area (Å²) in [6, 6.07) is 10.4. The SMILES string of the molecule is CCCC(CCC)c1nc(-c2ccccc2)c[nH]1. The van der Waals surface area contributed by atoms with E-state index in [-0.39, 0.29) is 0 Å². The molecule has 1 aromatic carbocycles. The summed E-state index contributed by atoms with van der Waals surface area (Å²) in [6.45, 7) is 4.48. The first-order chi connectivity index (χ1) is 8.85. The van der Waals surface area contributed by atoms with Crippen molar-refractivity contribution < 1.29 is 0 Å². The van der Waals surface area contributed by atoms with Crippen molar-refractivity contribution in [3.05, 3.63) is 42.4 Å². The Balaban J connectivity index is 2.18. The van der Waals surface area contributed by atoms with Crippen LogP contribution in [0.25, 0.3) is 11.3 Å². The molecule has 0 saturated carbocycles. The first-order valence-electron chi connectivity index (χ1n) is 6.95. The molecule has 0 bridgehead atoms. The number of benzene rings is 1. The highest BCUT2D eigenvalue weighted by Gasteiger charge is 2.13. The predicted molar refractivity (Wildman–Crippen MR) is 76.6 cm³/mol. The molecule has 2 nitrogen and oxygen atoms in total. The molecule has 2 heteroatoms. The minimum Gasteiger partial charge on any atom is -0.348 e. The van der Waals surface area contributed by atoms with Crippen LogP contribution in [-0.2, 0) is 0 Å². The van der Waals surface area contributed by atoms with Crippen LogP contribution in [-0.4, -0.2) is 9.97 Å². The molecule has 1 N–H and O–H groups in total. The van der Waals surface area contributed by atoms with E-state index in [1.165, 1.54) is 31.2 Å². The second-order valence-electron chi connectivity index (χ2n) is 4.81. The largest absolute Gasteiger partial charge is 0.348 e. The topological polar surface area (TPSA) is 28.7 Å². The van der Waals surface area contributed by atoms with E-state index < -0.39 is 0 Å². The van der Waals surface area contributed by atoms with Gasteiger partial charge in [0.25, 0.3) is 0 Å². The van der Waals surface area contributed by atoms with Crippen LogP contribution in [0.15, 0.2) is 36.5 Å². The fourth-order valence-electron chi connectivity index (χ4n) is 2.42. The number of hydrogen-bond acceptors (Lipinski definition) is 1. The van der Waals surface area contributed by atoms with Gasteiger partial charge in [-0.25, -0.2) is 4.98 Å². The summed E-state index contributed by atoms with van der Waals surface area (Å²) in [4.78, 5) is 8.13. The number of hydrogen-bond donors (Lipinski definition) is 1. The van der Waals surface area contributed by atoms with Gasteiger partial charge in [0.05, 0.1) is 5.69 Å². The number of aromatic nitrogens is 2. The van der Waals surface area contributed by atoms with Crippen LogP contribution in [0.1, 0.15) is 51.3 Å². The predicted octanol–water partition coefficient (Wildman–Crippen LogP) is 4.76. The van der Waals surface area contributed by atoms with Gasteiger partial charge < -0.3 is 4.98 Å². The number of imidazole rings is 1. The minimum atomic E-state index is 0.581. The molecule has 2 aromatic rings. The van der Waals surface area contributed by atoms with Gasteiger partial charge in [-0.15, -0.1) is 0 Å². The van der Waals surface area contributed by atoms with Crippen LogP contribution in [0.4, 0.5) is 0 Å². The smallest absolute Gasteiger partial charge is 0.109 e. The van der Waals surface area contributed by atoms with Crippen molar-refractivity contribution in [1.82, 2.24) is 9.97 Å². The van der Waals surface area contributed by atoms with E-state index in [2.05, 4.69) is 43.1 Å². The fourth-order valence-corrected chi connectivity index (χ4v) is 2.42. The molecule has 0 fully saturated rings. The van der Waals surface area contributed by atoms with Gasteiger partial charge in [0, 0.05) is 17.7 Å². The normalized spacial score (nSPS) is 11.1. The maximum atomic E-state index is 4.76. The first-order valence-corrected chi connectivity index (χ1v) is 6.95. The Morgan fingerprint density at radius 2 is 1.72 bits per heavy atom. The van der Waals surface area contributed by atoms with E-state index in [0.29, 0.717) is 5.92 Å². The van der Waals surface area contributed by atoms with E-state index in [1.807, 2.05) is 12.3 Å². The lowest BCUT2D eigenvalue weighted by atomic mass is 9.98. The van der Waals surface area contributed by atoms with Gasteiger partial charge in [-0.05, 0) is 12.8 Å². The Labute approximate surface area is 109 Å². The van der Waals surface area contributed by atoms with Gasteiger partial charge >= 0.3 is 0 Å². The van der Waals surface area contributed by atoms with Crippen molar-refractivity contribution >= 4 is 0 Å². The molecule has 0 spiro atoms. The molecule has 1 heterocycles. The summed E-state index contributed by atoms with van der Waals surface area (Å²) in [5.74, 6) is 1.73. The Hall–Kier alpha value is -1.57. The summed E-state index contributed by atoms with van der Waals surface area (Å²) in [5.41, 5.74) is 2.24. The third-order valence-corrected chi connectivity index (χ3v) is 3.33. The molecule has 0 atom stereocenters. The van der Waals surface area contributed by atoms with Gasteiger partial charge in [-0.2, -0.15) is 0 Å². The van der Waals surface area contributed by atoms with E-state index >= 15 is 0 Å². The molecule has 0 radical (unpaired) electrons. The zero-order valence-corrected chi connectivity index (χ0v) is 11.3. The first kappa shape index (κ1) is 12.9. The number of nitrogens with one attached hydrogen (secondary N) is 1. The molecule has 0 amide bonds. The third-order valence-electron chi connectivity index (χ3n) is 3.33. The highest BCUT2D eigenvalue weighted by atomic mass is 14.9. The second-order valence-corrected chi connectivity index (χ2v) is 4.81. The number of nitrogens with zero attached hydrogens (tertiary/aromatic N) is 1. The van der Waals surface area contributed by atoms with Crippen LogP contribution in [0.5, 0.6) is 0 Å². The fraction of sp³-hybridized carbons (Fsp3) is 0.438. The number of rotatable bonds is 6. The van der Waals surface area contributed by atoms with Crippen molar-refractivity contribution in [3.8, 4) is 11.3 Å². The lowest BCUT2D eigenvalue weighted by Gasteiger charge is -2.11. The van der Waals surface area contributed by atoms with Gasteiger partial charge in [0.2, 0.25) is 0 Å². The molecule has 96 valence electrons. The van der Waals surface area contributed by atoms with Crippen molar-refractivity contribution in [1.29, 1.82) is 0 Å². The van der Waals surface area contributed by atoms with Gasteiger partial charge in [-0.1, -0.05) is 57.0 Å². The molecule has 0 aliphatic heterocycles. The highest BCUT2D eigenvalue weighted by Crippen LogP contribution is 2.26. The van der Waals surface area contributed by atoms with E-state index in [9.17, 15) is 0 Å². The molecule has 1 aromatic heterocycles. The van der Waals surface area contributed by atoms with Crippen molar-refractivity contribution in [2.24, 2.45) is 0 Å². The van der Waals surface area contributed by atoms with Crippen molar-refractivity contribution in [2.45, 2.75) is 45.4 Å². The van der Waals surface area contributed by atoms with E-state index in [1.54, 1.807) is 0 Å². The van der Waals surface area contributed by atoms with Gasteiger partial charge in [0.15, 0.2) is 0 Å². The lowest BCUT2D eigenvalue weighted by Crippen LogP contribution is -2.00. The zero-order chi connectivity index (χ0) is 12.8. The third kappa shape index (κ3) is 3.00. The lowest BCUT2D eigenvalue weighted by molar-refractivity contribution is 0.538. The van der Waals surface area contributed by atoms with Crippen LogP contribution >= 0.6 is 0 Å². The molecule has 18 heavy (non-hydrogen) atoms. The monoisotopic (exact) mass is 242 g/mol. The van der Waals surface area contributed by atoms with Gasteiger partial charge in [-0.3, -0.25) is 0 Å². The summed E-state index contributed by atoms with van der Waals surface area (Å²) < 4.78 is 0. The second kappa shape index (κ2) is 6.39. The molecule has 0 unspecified atom stereocenters. The van der Waals surface area contributed by atoms with E-state index in [4.69, 9.17) is 4.98 Å². The zero-order valence-electron chi connectivity index (χ0n) is 11.3. The summed E-state index contributed by atoms with van der Waals surface area (Å²) >= 11 is 0. The Morgan fingerprint density at radius 1 is 1.06 bits per heavy atom. The van der Waals surface area contributed by atoms with Crippen LogP contribution in [0, 0.1) is 0 Å². The molecule has 2 rings (SSSR count). The Kier molecular flexibility index (Phi) is 4.57. The van der Waals surface area contributed by atoms with Gasteiger partial charge in [0.1, 0.15) is 5.82 Å². The summed E-state index contributed by atoms with van der Waals surface area (Å²) in [7, 11) is 0. The van der Waals surface area contributed by atoms with Crippen molar-refractivity contribution in [2.75, 3.05) is 0 Å². The van der Waals surface area contributed by atoms with Crippen molar-refractivity contribution in [3.63, 3.8) is 0 Å². The molecule has 0 saturated heterocycles.